The highest BCUT2D eigenvalue weighted by Crippen LogP contribution is 2.24. The molecule has 0 aliphatic carbocycles. The molecule has 0 fully saturated rings. The maximum Gasteiger partial charge on any atom is 0.261 e. The highest BCUT2D eigenvalue weighted by Gasteiger charge is 2.34. The first-order valence-corrected chi connectivity index (χ1v) is 9.24. The molecule has 0 atom stereocenters. The summed E-state index contributed by atoms with van der Waals surface area (Å²) in [6.07, 6.45) is 5.49. The normalized spacial score (nSPS) is 13.7. The number of carbonyl (C=O) groups excluding carboxylic acids is 2. The van der Waals surface area contributed by atoms with Crippen LogP contribution < -0.4 is 0 Å². The van der Waals surface area contributed by atoms with Crippen LogP contribution in [0, 0.1) is 0 Å². The third kappa shape index (κ3) is 2.93. The summed E-state index contributed by atoms with van der Waals surface area (Å²) in [6, 6.07) is 13.1. The Labute approximate surface area is 149 Å². The van der Waals surface area contributed by atoms with Gasteiger partial charge in [-0.2, -0.15) is 0 Å². The van der Waals surface area contributed by atoms with Gasteiger partial charge in [0, 0.05) is 18.9 Å². The van der Waals surface area contributed by atoms with Gasteiger partial charge in [-0.1, -0.05) is 18.2 Å². The number of carbonyl (C=O) groups is 2. The maximum atomic E-state index is 12.3. The van der Waals surface area contributed by atoms with Crippen LogP contribution in [0.2, 0.25) is 0 Å². The number of imide groups is 1. The van der Waals surface area contributed by atoms with Crippen molar-refractivity contribution in [3.8, 4) is 0 Å². The molecule has 2 aromatic heterocycles. The molecule has 0 bridgehead atoms. The van der Waals surface area contributed by atoms with Crippen molar-refractivity contribution >= 4 is 29.2 Å². The number of imidazole rings is 1. The lowest BCUT2D eigenvalue weighted by molar-refractivity contribution is 0.0652. The molecule has 2 amide bonds. The van der Waals surface area contributed by atoms with Gasteiger partial charge in [-0.05, 0) is 42.9 Å². The van der Waals surface area contributed by atoms with Gasteiger partial charge >= 0.3 is 0 Å². The number of unbranched alkanes of at least 4 members (excludes halogenated alkanes) is 1. The van der Waals surface area contributed by atoms with Crippen LogP contribution in [-0.4, -0.2) is 38.4 Å². The van der Waals surface area contributed by atoms with Crippen LogP contribution in [0.5, 0.6) is 0 Å². The summed E-state index contributed by atoms with van der Waals surface area (Å²) in [4.78, 5) is 30.2. The van der Waals surface area contributed by atoms with E-state index in [1.165, 1.54) is 4.90 Å². The molecule has 1 aliphatic heterocycles. The number of benzene rings is 1. The summed E-state index contributed by atoms with van der Waals surface area (Å²) >= 11 is 1.76. The van der Waals surface area contributed by atoms with Crippen molar-refractivity contribution in [2.75, 3.05) is 12.3 Å². The number of hydrogen-bond acceptors (Lipinski definition) is 4. The van der Waals surface area contributed by atoms with E-state index >= 15 is 0 Å². The molecule has 0 unspecified atom stereocenters. The first-order chi connectivity index (χ1) is 12.3. The van der Waals surface area contributed by atoms with Gasteiger partial charge in [0.25, 0.3) is 11.8 Å². The third-order valence-corrected chi connectivity index (χ3v) is 5.42. The fraction of sp³-hybridized carbons (Fsp3) is 0.211. The Morgan fingerprint density at radius 3 is 2.44 bits per heavy atom. The summed E-state index contributed by atoms with van der Waals surface area (Å²) in [5.74, 6) is 0.591. The number of fused-ring (bicyclic) bond motifs is 2. The van der Waals surface area contributed by atoms with Crippen molar-refractivity contribution in [2.24, 2.45) is 0 Å². The second kappa shape index (κ2) is 6.72. The van der Waals surface area contributed by atoms with Crippen molar-refractivity contribution in [1.29, 1.82) is 0 Å². The van der Waals surface area contributed by atoms with E-state index in [9.17, 15) is 9.59 Å². The molecule has 0 N–H and O–H groups in total. The van der Waals surface area contributed by atoms with Gasteiger partial charge in [-0.3, -0.25) is 18.9 Å². The number of pyridine rings is 1. The van der Waals surface area contributed by atoms with Crippen molar-refractivity contribution in [2.45, 2.75) is 17.9 Å². The van der Waals surface area contributed by atoms with E-state index in [1.807, 2.05) is 18.3 Å². The van der Waals surface area contributed by atoms with E-state index in [-0.39, 0.29) is 11.8 Å². The smallest absolute Gasteiger partial charge is 0.261 e. The minimum atomic E-state index is -0.170. The number of thioether (sulfide) groups is 1. The van der Waals surface area contributed by atoms with Crippen LogP contribution in [0.15, 0.2) is 59.9 Å². The van der Waals surface area contributed by atoms with Gasteiger partial charge in [-0.15, -0.1) is 11.8 Å². The van der Waals surface area contributed by atoms with Crippen LogP contribution >= 0.6 is 11.8 Å². The molecule has 0 spiro atoms. The number of nitrogens with zero attached hydrogens (tertiary/aromatic N) is 3. The van der Waals surface area contributed by atoms with Gasteiger partial charge in [0.15, 0.2) is 0 Å². The zero-order valence-corrected chi connectivity index (χ0v) is 14.4. The predicted octanol–water partition coefficient (Wildman–Crippen LogP) is 3.50. The Bertz CT molecular complexity index is 916. The molecule has 5 nitrogen and oxygen atoms in total. The van der Waals surface area contributed by atoms with E-state index in [0.29, 0.717) is 17.7 Å². The van der Waals surface area contributed by atoms with E-state index < -0.39 is 0 Å². The average Bonchev–Trinajstić information content (AvgIpc) is 3.21. The summed E-state index contributed by atoms with van der Waals surface area (Å²) in [5, 5.41) is 1.15. The van der Waals surface area contributed by atoms with Crippen LogP contribution in [-0.2, 0) is 0 Å². The zero-order chi connectivity index (χ0) is 17.2. The lowest BCUT2D eigenvalue weighted by atomic mass is 10.1. The Hall–Kier alpha value is -2.60. The molecule has 6 heteroatoms. The highest BCUT2D eigenvalue weighted by atomic mass is 32.2. The van der Waals surface area contributed by atoms with Gasteiger partial charge < -0.3 is 0 Å². The van der Waals surface area contributed by atoms with Crippen molar-refractivity contribution in [3.63, 3.8) is 0 Å². The van der Waals surface area contributed by atoms with Gasteiger partial charge in [0.05, 0.1) is 16.2 Å². The Balaban J connectivity index is 1.30. The molecule has 0 saturated carbocycles. The first kappa shape index (κ1) is 15.9. The largest absolute Gasteiger partial charge is 0.294 e. The Kier molecular flexibility index (Phi) is 4.28. The molecular weight excluding hydrogens is 334 g/mol. The van der Waals surface area contributed by atoms with Crippen molar-refractivity contribution in [3.05, 3.63) is 66.0 Å². The molecule has 25 heavy (non-hydrogen) atoms. The Morgan fingerprint density at radius 1 is 0.920 bits per heavy atom. The van der Waals surface area contributed by atoms with E-state index in [2.05, 4.69) is 15.5 Å². The molecule has 3 heterocycles. The van der Waals surface area contributed by atoms with Crippen LogP contribution in [0.1, 0.15) is 33.6 Å². The SMILES string of the molecule is O=C1c2ccccc2C(=O)N1CCCCSc1cccc2nccn12. The van der Waals surface area contributed by atoms with E-state index in [1.54, 1.807) is 42.2 Å². The minimum absolute atomic E-state index is 0.170. The molecule has 1 aromatic carbocycles. The molecule has 0 radical (unpaired) electrons. The highest BCUT2D eigenvalue weighted by molar-refractivity contribution is 7.99. The van der Waals surface area contributed by atoms with E-state index in [0.717, 1.165) is 29.3 Å². The van der Waals surface area contributed by atoms with Crippen LogP contribution in [0.3, 0.4) is 0 Å². The summed E-state index contributed by atoms with van der Waals surface area (Å²) in [7, 11) is 0. The van der Waals surface area contributed by atoms with Crippen LogP contribution in [0.25, 0.3) is 5.65 Å². The minimum Gasteiger partial charge on any atom is -0.294 e. The number of rotatable bonds is 6. The quantitative estimate of drug-likeness (QED) is 0.387. The lowest BCUT2D eigenvalue weighted by Gasteiger charge is -2.13. The first-order valence-electron chi connectivity index (χ1n) is 8.26. The standard InChI is InChI=1S/C19H17N3O2S/c23-18-14-6-1-2-7-15(14)19(24)22(18)11-3-4-13-25-17-9-5-8-16-20-10-12-21(16)17/h1-2,5-10,12H,3-4,11,13H2. The maximum absolute atomic E-state index is 12.3. The van der Waals surface area contributed by atoms with E-state index in [4.69, 9.17) is 0 Å². The molecule has 126 valence electrons. The summed E-state index contributed by atoms with van der Waals surface area (Å²) in [5.41, 5.74) is 1.98. The molecular formula is C19H17N3O2S. The number of amides is 2. The second-order valence-electron chi connectivity index (χ2n) is 5.88. The molecule has 1 aliphatic rings. The van der Waals surface area contributed by atoms with Crippen molar-refractivity contribution in [1.82, 2.24) is 14.3 Å². The van der Waals surface area contributed by atoms with Gasteiger partial charge in [0.1, 0.15) is 5.65 Å². The fourth-order valence-corrected chi connectivity index (χ4v) is 4.06. The van der Waals surface area contributed by atoms with Crippen LogP contribution in [0.4, 0.5) is 0 Å². The third-order valence-electron chi connectivity index (χ3n) is 4.30. The molecule has 0 saturated heterocycles. The topological polar surface area (TPSA) is 54.7 Å². The average molecular weight is 351 g/mol. The summed E-state index contributed by atoms with van der Waals surface area (Å²) in [6.45, 7) is 0.474. The number of hydrogen-bond donors (Lipinski definition) is 0. The monoisotopic (exact) mass is 351 g/mol. The summed E-state index contributed by atoms with van der Waals surface area (Å²) < 4.78 is 2.06. The van der Waals surface area contributed by atoms with Gasteiger partial charge in [-0.25, -0.2) is 4.98 Å². The molecule has 3 aromatic rings. The molecule has 4 rings (SSSR count). The van der Waals surface area contributed by atoms with Crippen molar-refractivity contribution < 1.29 is 9.59 Å². The van der Waals surface area contributed by atoms with Gasteiger partial charge in [0.2, 0.25) is 0 Å². The Morgan fingerprint density at radius 2 is 1.68 bits per heavy atom. The predicted molar refractivity (Wildman–Crippen MR) is 97.0 cm³/mol. The zero-order valence-electron chi connectivity index (χ0n) is 13.6. The number of aromatic nitrogens is 2. The fourth-order valence-electron chi connectivity index (χ4n) is 3.03. The second-order valence-corrected chi connectivity index (χ2v) is 7.00. The lowest BCUT2D eigenvalue weighted by Crippen LogP contribution is -2.30.